The van der Waals surface area contributed by atoms with Crippen LogP contribution in [0.3, 0.4) is 0 Å². The fourth-order valence-corrected chi connectivity index (χ4v) is 2.84. The fourth-order valence-electron chi connectivity index (χ4n) is 2.84. The first kappa shape index (κ1) is 15.8. The van der Waals surface area contributed by atoms with E-state index in [4.69, 9.17) is 0 Å². The molecule has 0 aromatic carbocycles. The fraction of sp³-hybridized carbons (Fsp3) is 0.867. The molecule has 0 amide bonds. The summed E-state index contributed by atoms with van der Waals surface area (Å²) in [6.45, 7) is 9.02. The van der Waals surface area contributed by atoms with Gasteiger partial charge in [0.25, 0.3) is 0 Å². The highest BCUT2D eigenvalue weighted by Gasteiger charge is 2.41. The molecule has 0 atom stereocenters. The van der Waals surface area contributed by atoms with E-state index in [1.54, 1.807) is 0 Å². The summed E-state index contributed by atoms with van der Waals surface area (Å²) in [6, 6.07) is 1.17. The highest BCUT2D eigenvalue weighted by Crippen LogP contribution is 2.46. The van der Waals surface area contributed by atoms with Gasteiger partial charge in [0.15, 0.2) is 5.82 Å². The molecule has 2 saturated carbocycles. The average molecular weight is 299 g/mol. The van der Waals surface area contributed by atoms with Gasteiger partial charge in [0, 0.05) is 18.0 Å². The number of rotatable bonds is 5. The summed E-state index contributed by atoms with van der Waals surface area (Å²) < 4.78 is 2.47. The number of nitrogens with zero attached hydrogens (tertiary/aromatic N) is 4. The molecule has 2 aliphatic rings. The summed E-state index contributed by atoms with van der Waals surface area (Å²) in [5.74, 6) is 3.10. The molecule has 0 N–H and O–H groups in total. The summed E-state index contributed by atoms with van der Waals surface area (Å²) >= 11 is 0. The summed E-state index contributed by atoms with van der Waals surface area (Å²) in [4.78, 5) is 2.40. The Kier molecular flexibility index (Phi) is 4.18. The van der Waals surface area contributed by atoms with E-state index in [9.17, 15) is 0 Å². The molecule has 2 aliphatic carbocycles. The van der Waals surface area contributed by atoms with E-state index in [-0.39, 0.29) is 17.9 Å². The Hall–Kier alpha value is -0.610. The van der Waals surface area contributed by atoms with Crippen molar-refractivity contribution in [3.8, 4) is 0 Å². The average Bonchev–Trinajstić information content (AvgIpc) is 3.26. The molecule has 5 heteroatoms. The maximum Gasteiger partial charge on any atom is 0.153 e. The van der Waals surface area contributed by atoms with E-state index in [1.165, 1.54) is 31.5 Å². The van der Waals surface area contributed by atoms with Crippen LogP contribution in [0.25, 0.3) is 0 Å². The molecule has 114 valence electrons. The molecular weight excluding hydrogens is 272 g/mol. The predicted octanol–water partition coefficient (Wildman–Crippen LogP) is 3.49. The normalized spacial score (nSPS) is 19.6. The quantitative estimate of drug-likeness (QED) is 0.834. The van der Waals surface area contributed by atoms with E-state index in [0.29, 0.717) is 18.0 Å². The van der Waals surface area contributed by atoms with Crippen molar-refractivity contribution in [1.29, 1.82) is 0 Å². The van der Waals surface area contributed by atoms with Crippen molar-refractivity contribution in [2.24, 2.45) is 0 Å². The van der Waals surface area contributed by atoms with Crippen molar-refractivity contribution in [1.82, 2.24) is 19.7 Å². The number of hydrogen-bond acceptors (Lipinski definition) is 3. The van der Waals surface area contributed by atoms with Gasteiger partial charge in [-0.15, -0.1) is 22.6 Å². The minimum Gasteiger partial charge on any atom is -0.310 e. The van der Waals surface area contributed by atoms with Crippen LogP contribution in [0, 0.1) is 0 Å². The van der Waals surface area contributed by atoms with Crippen LogP contribution in [0.1, 0.15) is 77.0 Å². The van der Waals surface area contributed by atoms with Crippen molar-refractivity contribution in [2.75, 3.05) is 7.05 Å². The lowest BCUT2D eigenvalue weighted by Crippen LogP contribution is -2.44. The highest BCUT2D eigenvalue weighted by molar-refractivity contribution is 5.85. The van der Waals surface area contributed by atoms with E-state index in [2.05, 4.69) is 54.4 Å². The third-order valence-corrected chi connectivity index (χ3v) is 4.78. The first-order chi connectivity index (χ1) is 8.93. The van der Waals surface area contributed by atoms with Crippen LogP contribution in [-0.4, -0.2) is 32.8 Å². The minimum atomic E-state index is -0.0586. The van der Waals surface area contributed by atoms with Crippen molar-refractivity contribution in [2.45, 2.75) is 76.9 Å². The Balaban J connectivity index is 0.00000147. The molecule has 1 heterocycles. The van der Waals surface area contributed by atoms with Gasteiger partial charge in [0.05, 0.1) is 5.54 Å². The van der Waals surface area contributed by atoms with Gasteiger partial charge in [0.2, 0.25) is 0 Å². The first-order valence-corrected chi connectivity index (χ1v) is 7.61. The van der Waals surface area contributed by atoms with Gasteiger partial charge in [-0.05, 0) is 60.4 Å². The van der Waals surface area contributed by atoms with E-state index in [0.717, 1.165) is 5.82 Å². The van der Waals surface area contributed by atoms with Crippen molar-refractivity contribution >= 4 is 12.4 Å². The van der Waals surface area contributed by atoms with Gasteiger partial charge in [0.1, 0.15) is 5.82 Å². The Bertz CT molecular complexity index is 472. The second-order valence-corrected chi connectivity index (χ2v) is 7.02. The van der Waals surface area contributed by atoms with Crippen molar-refractivity contribution < 1.29 is 0 Å². The SMILES string of the molecule is CC(C)N(C)C(C)(C)c1nnc(C2CC2)n1C1CC1.Cl. The monoisotopic (exact) mass is 298 g/mol. The highest BCUT2D eigenvalue weighted by atomic mass is 35.5. The number of hydrogen-bond donors (Lipinski definition) is 0. The number of halogens is 1. The zero-order valence-corrected chi connectivity index (χ0v) is 14.1. The molecule has 0 aliphatic heterocycles. The zero-order valence-electron chi connectivity index (χ0n) is 13.3. The summed E-state index contributed by atoms with van der Waals surface area (Å²) in [6.07, 6.45) is 5.19. The van der Waals surface area contributed by atoms with Crippen LogP contribution in [0.5, 0.6) is 0 Å². The standard InChI is InChI=1S/C15H26N4.ClH/c1-10(2)18(5)15(3,4)14-17-16-13(11-6-7-11)19(14)12-8-9-12;/h10-12H,6-9H2,1-5H3;1H. The smallest absolute Gasteiger partial charge is 0.153 e. The Labute approximate surface area is 128 Å². The van der Waals surface area contributed by atoms with Crippen LogP contribution in [0.4, 0.5) is 0 Å². The minimum absolute atomic E-state index is 0. The second-order valence-electron chi connectivity index (χ2n) is 7.02. The topological polar surface area (TPSA) is 34.0 Å². The molecule has 0 spiro atoms. The molecule has 2 fully saturated rings. The van der Waals surface area contributed by atoms with Gasteiger partial charge >= 0.3 is 0 Å². The van der Waals surface area contributed by atoms with Gasteiger partial charge in [-0.3, -0.25) is 4.90 Å². The van der Waals surface area contributed by atoms with Gasteiger partial charge in [-0.1, -0.05) is 0 Å². The first-order valence-electron chi connectivity index (χ1n) is 7.61. The second kappa shape index (κ2) is 5.30. The molecule has 0 bridgehead atoms. The predicted molar refractivity (Wildman–Crippen MR) is 83.4 cm³/mol. The lowest BCUT2D eigenvalue weighted by molar-refractivity contribution is 0.105. The summed E-state index contributed by atoms with van der Waals surface area (Å²) in [5.41, 5.74) is -0.0586. The van der Waals surface area contributed by atoms with Crippen LogP contribution >= 0.6 is 12.4 Å². The van der Waals surface area contributed by atoms with E-state index >= 15 is 0 Å². The Morgan fingerprint density at radius 1 is 1.15 bits per heavy atom. The van der Waals surface area contributed by atoms with Crippen LogP contribution < -0.4 is 0 Å². The van der Waals surface area contributed by atoms with Gasteiger partial charge < -0.3 is 4.57 Å². The lowest BCUT2D eigenvalue weighted by Gasteiger charge is -2.38. The molecule has 0 saturated heterocycles. The van der Waals surface area contributed by atoms with Crippen LogP contribution in [0.2, 0.25) is 0 Å². The molecule has 3 rings (SSSR count). The maximum atomic E-state index is 4.59. The largest absolute Gasteiger partial charge is 0.310 e. The van der Waals surface area contributed by atoms with Crippen molar-refractivity contribution in [3.63, 3.8) is 0 Å². The Morgan fingerprint density at radius 3 is 2.20 bits per heavy atom. The third-order valence-electron chi connectivity index (χ3n) is 4.78. The third kappa shape index (κ3) is 2.60. The molecule has 1 aromatic rings. The van der Waals surface area contributed by atoms with Crippen molar-refractivity contribution in [3.05, 3.63) is 11.6 Å². The maximum absolute atomic E-state index is 4.59. The van der Waals surface area contributed by atoms with Crippen LogP contribution in [0.15, 0.2) is 0 Å². The molecular formula is C15H27ClN4. The van der Waals surface area contributed by atoms with Gasteiger partial charge in [-0.25, -0.2) is 0 Å². The van der Waals surface area contributed by atoms with E-state index in [1.807, 2.05) is 0 Å². The lowest BCUT2D eigenvalue weighted by atomic mass is 10.00. The summed E-state index contributed by atoms with van der Waals surface area (Å²) in [7, 11) is 2.19. The molecule has 4 nitrogen and oxygen atoms in total. The van der Waals surface area contributed by atoms with E-state index < -0.39 is 0 Å². The summed E-state index contributed by atoms with van der Waals surface area (Å²) in [5, 5.41) is 9.12. The number of aromatic nitrogens is 3. The molecule has 1 aromatic heterocycles. The molecule has 20 heavy (non-hydrogen) atoms. The molecule has 0 unspecified atom stereocenters. The van der Waals surface area contributed by atoms with Gasteiger partial charge in [-0.2, -0.15) is 0 Å². The molecule has 0 radical (unpaired) electrons. The Morgan fingerprint density at radius 2 is 1.75 bits per heavy atom. The van der Waals surface area contributed by atoms with Crippen LogP contribution in [-0.2, 0) is 5.54 Å². The zero-order chi connectivity index (χ0) is 13.8.